The number of hydrogen-bond donors (Lipinski definition) is 3. The lowest BCUT2D eigenvalue weighted by Crippen LogP contribution is -2.14. The molecule has 90 valence electrons. The molecule has 0 aromatic heterocycles. The van der Waals surface area contributed by atoms with Crippen molar-refractivity contribution in [2.45, 2.75) is 13.5 Å². The maximum absolute atomic E-state index is 10.8. The molecular weight excluding hydrogens is 295 g/mol. The van der Waals surface area contributed by atoms with Crippen LogP contribution in [0.1, 0.15) is 22.8 Å². The summed E-state index contributed by atoms with van der Waals surface area (Å²) >= 11 is 3.24. The first-order valence-corrected chi connectivity index (χ1v) is 5.37. The van der Waals surface area contributed by atoms with Crippen LogP contribution in [0, 0.1) is 0 Å². The first-order valence-electron chi connectivity index (χ1n) is 4.58. The van der Waals surface area contributed by atoms with Gasteiger partial charge in [0.15, 0.2) is 0 Å². The van der Waals surface area contributed by atoms with E-state index in [-0.39, 0.29) is 18.0 Å². The van der Waals surface area contributed by atoms with Crippen LogP contribution in [0.3, 0.4) is 0 Å². The average molecular weight is 310 g/mol. The number of anilines is 1. The number of carbonyl (C=O) groups is 1. The zero-order valence-corrected chi connectivity index (χ0v) is 11.2. The van der Waals surface area contributed by atoms with E-state index in [1.807, 2.05) is 6.92 Å². The second-order valence-corrected chi connectivity index (χ2v) is 3.97. The van der Waals surface area contributed by atoms with E-state index in [1.54, 1.807) is 6.07 Å². The molecule has 1 rings (SSSR count). The summed E-state index contributed by atoms with van der Waals surface area (Å²) in [4.78, 5) is 10.8. The maximum atomic E-state index is 10.8. The molecule has 0 bridgehead atoms. The predicted molar refractivity (Wildman–Crippen MR) is 70.1 cm³/mol. The van der Waals surface area contributed by atoms with E-state index in [4.69, 9.17) is 10.8 Å². The lowest BCUT2D eigenvalue weighted by atomic mass is 10.1. The highest BCUT2D eigenvalue weighted by molar-refractivity contribution is 9.10. The van der Waals surface area contributed by atoms with E-state index in [0.29, 0.717) is 16.7 Å². The Balaban J connectivity index is 0.00000225. The Morgan fingerprint density at radius 3 is 2.69 bits per heavy atom. The summed E-state index contributed by atoms with van der Waals surface area (Å²) in [6, 6.07) is 3.10. The van der Waals surface area contributed by atoms with Gasteiger partial charge in [0.25, 0.3) is 0 Å². The van der Waals surface area contributed by atoms with Crippen molar-refractivity contribution in [1.29, 1.82) is 0 Å². The molecule has 0 saturated carbocycles. The zero-order chi connectivity index (χ0) is 11.4. The van der Waals surface area contributed by atoms with Gasteiger partial charge >= 0.3 is 5.97 Å². The third-order valence-corrected chi connectivity index (χ3v) is 2.68. The van der Waals surface area contributed by atoms with Crippen LogP contribution in [0.4, 0.5) is 5.69 Å². The Morgan fingerprint density at radius 1 is 1.56 bits per heavy atom. The predicted octanol–water partition coefficient (Wildman–Crippen LogP) is 2.26. The molecule has 0 unspecified atom stereocenters. The maximum Gasteiger partial charge on any atom is 0.335 e. The minimum atomic E-state index is -0.951. The van der Waals surface area contributed by atoms with E-state index in [2.05, 4.69) is 21.2 Å². The van der Waals surface area contributed by atoms with E-state index in [9.17, 15) is 4.79 Å². The van der Waals surface area contributed by atoms with Crippen molar-refractivity contribution in [2.24, 2.45) is 0 Å². The summed E-state index contributed by atoms with van der Waals surface area (Å²) in [6.45, 7) is 3.36. The fourth-order valence-electron chi connectivity index (χ4n) is 1.20. The Bertz CT molecular complexity index is 385. The number of carboxylic acids is 1. The van der Waals surface area contributed by atoms with Crippen LogP contribution in [0.5, 0.6) is 0 Å². The Hall–Kier alpha value is -0.780. The number of carboxylic acid groups (broad SMARTS) is 1. The van der Waals surface area contributed by atoms with E-state index in [0.717, 1.165) is 12.1 Å². The smallest absolute Gasteiger partial charge is 0.335 e. The van der Waals surface area contributed by atoms with Crippen molar-refractivity contribution >= 4 is 40.0 Å². The lowest BCUT2D eigenvalue weighted by molar-refractivity contribution is 0.0696. The summed E-state index contributed by atoms with van der Waals surface area (Å²) in [5.41, 5.74) is 7.43. The monoisotopic (exact) mass is 308 g/mol. The minimum Gasteiger partial charge on any atom is -0.478 e. The summed E-state index contributed by atoms with van der Waals surface area (Å²) in [5, 5.41) is 12.0. The topological polar surface area (TPSA) is 75.3 Å². The molecule has 4 nitrogen and oxygen atoms in total. The normalized spacial score (nSPS) is 9.62. The molecule has 0 saturated heterocycles. The number of aromatic carboxylic acids is 1. The highest BCUT2D eigenvalue weighted by Crippen LogP contribution is 2.25. The zero-order valence-electron chi connectivity index (χ0n) is 8.79. The summed E-state index contributed by atoms with van der Waals surface area (Å²) in [6.07, 6.45) is 0. The van der Waals surface area contributed by atoms with Gasteiger partial charge < -0.3 is 16.2 Å². The van der Waals surface area contributed by atoms with Crippen LogP contribution in [-0.2, 0) is 6.54 Å². The molecule has 0 fully saturated rings. The highest BCUT2D eigenvalue weighted by atomic mass is 79.9. The van der Waals surface area contributed by atoms with Crippen molar-refractivity contribution in [3.8, 4) is 0 Å². The van der Waals surface area contributed by atoms with Gasteiger partial charge in [-0.1, -0.05) is 6.92 Å². The van der Waals surface area contributed by atoms with Crippen molar-refractivity contribution in [1.82, 2.24) is 5.32 Å². The fraction of sp³-hybridized carbons (Fsp3) is 0.300. The number of nitrogens with two attached hydrogens (primary N) is 1. The van der Waals surface area contributed by atoms with Crippen molar-refractivity contribution in [2.75, 3.05) is 12.3 Å². The minimum absolute atomic E-state index is 0. The number of halogens is 2. The molecule has 0 aliphatic heterocycles. The van der Waals surface area contributed by atoms with Gasteiger partial charge in [0.2, 0.25) is 0 Å². The molecule has 1 aromatic rings. The third kappa shape index (κ3) is 3.66. The summed E-state index contributed by atoms with van der Waals surface area (Å²) in [5.74, 6) is -0.951. The summed E-state index contributed by atoms with van der Waals surface area (Å²) < 4.78 is 0.621. The van der Waals surface area contributed by atoms with E-state index in [1.165, 1.54) is 6.07 Å². The van der Waals surface area contributed by atoms with Gasteiger partial charge in [0.1, 0.15) is 0 Å². The molecule has 0 radical (unpaired) electrons. The molecular formula is C10H14BrClN2O2. The standard InChI is InChI=1S/C10H13BrN2O2.ClH/c1-2-13-5-7-3-6(10(14)15)4-8(11)9(7)12;/h3-4,13H,2,5,12H2,1H3,(H,14,15);1H. The SMILES string of the molecule is CCNCc1cc(C(=O)O)cc(Br)c1N.Cl. The Morgan fingerprint density at radius 2 is 2.19 bits per heavy atom. The Kier molecular flexibility index (Phi) is 6.40. The lowest BCUT2D eigenvalue weighted by Gasteiger charge is -2.09. The van der Waals surface area contributed by atoms with Gasteiger partial charge in [-0.3, -0.25) is 0 Å². The molecule has 1 aromatic carbocycles. The van der Waals surface area contributed by atoms with Crippen LogP contribution in [0.15, 0.2) is 16.6 Å². The number of rotatable bonds is 4. The first kappa shape index (κ1) is 15.2. The first-order chi connectivity index (χ1) is 7.06. The average Bonchev–Trinajstić information content (AvgIpc) is 2.19. The van der Waals surface area contributed by atoms with Crippen LogP contribution < -0.4 is 11.1 Å². The van der Waals surface area contributed by atoms with Gasteiger partial charge in [0.05, 0.1) is 11.3 Å². The third-order valence-electron chi connectivity index (χ3n) is 2.03. The quantitative estimate of drug-likeness (QED) is 0.746. The number of hydrogen-bond acceptors (Lipinski definition) is 3. The van der Waals surface area contributed by atoms with Gasteiger partial charge in [-0.15, -0.1) is 12.4 Å². The number of nitrogens with one attached hydrogen (secondary N) is 1. The molecule has 0 amide bonds. The van der Waals surface area contributed by atoms with Crippen molar-refractivity contribution in [3.63, 3.8) is 0 Å². The molecule has 0 atom stereocenters. The van der Waals surface area contributed by atoms with Crippen molar-refractivity contribution in [3.05, 3.63) is 27.7 Å². The van der Waals surface area contributed by atoms with Crippen molar-refractivity contribution < 1.29 is 9.90 Å². The van der Waals surface area contributed by atoms with Crippen LogP contribution in [-0.4, -0.2) is 17.6 Å². The van der Waals surface area contributed by atoms with E-state index >= 15 is 0 Å². The van der Waals surface area contributed by atoms with Crippen LogP contribution in [0.2, 0.25) is 0 Å². The molecule has 6 heteroatoms. The Labute approximate surface area is 109 Å². The van der Waals surface area contributed by atoms with Gasteiger partial charge in [-0.25, -0.2) is 4.79 Å². The molecule has 4 N–H and O–H groups in total. The largest absolute Gasteiger partial charge is 0.478 e. The van der Waals surface area contributed by atoms with Crippen LogP contribution in [0.25, 0.3) is 0 Å². The second-order valence-electron chi connectivity index (χ2n) is 3.12. The molecule has 0 heterocycles. The molecule has 0 aliphatic carbocycles. The molecule has 0 aliphatic rings. The van der Waals surface area contributed by atoms with Gasteiger partial charge in [0, 0.05) is 11.0 Å². The molecule has 16 heavy (non-hydrogen) atoms. The van der Waals surface area contributed by atoms with E-state index < -0.39 is 5.97 Å². The van der Waals surface area contributed by atoms with Gasteiger partial charge in [-0.05, 0) is 40.2 Å². The second kappa shape index (κ2) is 6.73. The van der Waals surface area contributed by atoms with Crippen LogP contribution >= 0.6 is 28.3 Å². The number of benzene rings is 1. The molecule has 0 spiro atoms. The van der Waals surface area contributed by atoms with Gasteiger partial charge in [-0.2, -0.15) is 0 Å². The summed E-state index contributed by atoms with van der Waals surface area (Å²) in [7, 11) is 0. The fourth-order valence-corrected chi connectivity index (χ4v) is 1.71. The number of nitrogen functional groups attached to an aromatic ring is 1. The highest BCUT2D eigenvalue weighted by Gasteiger charge is 2.10.